The minimum atomic E-state index is 0.348. The maximum atomic E-state index is 5.48. The maximum Gasteiger partial charge on any atom is 0.108 e. The summed E-state index contributed by atoms with van der Waals surface area (Å²) in [5.41, 5.74) is 3.24. The van der Waals surface area contributed by atoms with Gasteiger partial charge in [0.1, 0.15) is 5.82 Å². The molecule has 5 heteroatoms. The highest BCUT2D eigenvalue weighted by Crippen LogP contribution is 2.28. The number of halogens is 1. The third-order valence-corrected chi connectivity index (χ3v) is 4.19. The van der Waals surface area contributed by atoms with Crippen molar-refractivity contribution in [2.24, 2.45) is 0 Å². The number of nitrogens with zero attached hydrogens (tertiary/aromatic N) is 1. The number of ether oxygens (including phenoxy) is 1. The van der Waals surface area contributed by atoms with E-state index in [0.29, 0.717) is 6.04 Å². The van der Waals surface area contributed by atoms with Crippen molar-refractivity contribution in [3.63, 3.8) is 0 Å². The molecule has 2 aromatic rings. The molecule has 2 N–H and O–H groups in total. The Morgan fingerprint density at radius 3 is 3.00 bits per heavy atom. The fourth-order valence-corrected chi connectivity index (χ4v) is 2.99. The first-order chi connectivity index (χ1) is 9.74. The SMILES string of the molecule is Cc1[nH]c(CC2COCCN2)nc1-c1ccccc1Br. The highest BCUT2D eigenvalue weighted by molar-refractivity contribution is 9.10. The quantitative estimate of drug-likeness (QED) is 0.906. The van der Waals surface area contributed by atoms with E-state index in [9.17, 15) is 0 Å². The average Bonchev–Trinajstić information content (AvgIpc) is 2.81. The second-order valence-electron chi connectivity index (χ2n) is 5.07. The molecule has 0 radical (unpaired) electrons. The standard InChI is InChI=1S/C15H18BrN3O/c1-10-15(12-4-2-3-5-13(12)16)19-14(18-10)8-11-9-20-7-6-17-11/h2-5,11,17H,6-9H2,1H3,(H,18,19). The molecule has 1 fully saturated rings. The highest BCUT2D eigenvalue weighted by Gasteiger charge is 2.17. The number of hydrogen-bond donors (Lipinski definition) is 2. The Morgan fingerprint density at radius 2 is 2.25 bits per heavy atom. The van der Waals surface area contributed by atoms with E-state index >= 15 is 0 Å². The summed E-state index contributed by atoms with van der Waals surface area (Å²) < 4.78 is 6.55. The number of hydrogen-bond acceptors (Lipinski definition) is 3. The van der Waals surface area contributed by atoms with Crippen molar-refractivity contribution in [2.75, 3.05) is 19.8 Å². The summed E-state index contributed by atoms with van der Waals surface area (Å²) in [6.45, 7) is 4.54. The van der Waals surface area contributed by atoms with E-state index in [0.717, 1.165) is 53.4 Å². The molecule has 20 heavy (non-hydrogen) atoms. The summed E-state index contributed by atoms with van der Waals surface area (Å²) in [4.78, 5) is 8.14. The maximum absolute atomic E-state index is 5.48. The zero-order valence-electron chi connectivity index (χ0n) is 11.4. The van der Waals surface area contributed by atoms with Gasteiger partial charge in [-0.05, 0) is 13.0 Å². The Bertz CT molecular complexity index is 591. The minimum Gasteiger partial charge on any atom is -0.379 e. The first-order valence-corrected chi connectivity index (χ1v) is 7.65. The lowest BCUT2D eigenvalue weighted by Gasteiger charge is -2.22. The summed E-state index contributed by atoms with van der Waals surface area (Å²) in [6, 6.07) is 8.52. The predicted molar refractivity (Wildman–Crippen MR) is 82.8 cm³/mol. The van der Waals surface area contributed by atoms with Gasteiger partial charge in [-0.2, -0.15) is 0 Å². The molecule has 3 rings (SSSR count). The third-order valence-electron chi connectivity index (χ3n) is 3.50. The van der Waals surface area contributed by atoms with E-state index in [4.69, 9.17) is 9.72 Å². The molecule has 1 aliphatic heterocycles. The lowest BCUT2D eigenvalue weighted by Crippen LogP contribution is -2.42. The van der Waals surface area contributed by atoms with Gasteiger partial charge in [-0.1, -0.05) is 34.1 Å². The van der Waals surface area contributed by atoms with Crippen LogP contribution in [0.1, 0.15) is 11.5 Å². The molecule has 1 aliphatic rings. The predicted octanol–water partition coefficient (Wildman–Crippen LogP) is 2.68. The minimum absolute atomic E-state index is 0.348. The molecular formula is C15H18BrN3O. The first kappa shape index (κ1) is 13.8. The number of benzene rings is 1. The fourth-order valence-electron chi connectivity index (χ4n) is 2.52. The molecule has 1 aromatic carbocycles. The smallest absolute Gasteiger partial charge is 0.108 e. The van der Waals surface area contributed by atoms with E-state index in [2.05, 4.69) is 39.2 Å². The van der Waals surface area contributed by atoms with Crippen LogP contribution in [0.2, 0.25) is 0 Å². The number of H-pyrrole nitrogens is 1. The van der Waals surface area contributed by atoms with E-state index in [1.165, 1.54) is 0 Å². The Kier molecular flexibility index (Phi) is 4.19. The molecule has 0 saturated carbocycles. The Labute approximate surface area is 127 Å². The van der Waals surface area contributed by atoms with Crippen LogP contribution < -0.4 is 5.32 Å². The monoisotopic (exact) mass is 335 g/mol. The van der Waals surface area contributed by atoms with Crippen LogP contribution in [0.3, 0.4) is 0 Å². The molecule has 1 aromatic heterocycles. The van der Waals surface area contributed by atoms with E-state index in [-0.39, 0.29) is 0 Å². The van der Waals surface area contributed by atoms with Gasteiger partial charge in [-0.3, -0.25) is 0 Å². The zero-order chi connectivity index (χ0) is 13.9. The second-order valence-corrected chi connectivity index (χ2v) is 5.92. The van der Waals surface area contributed by atoms with Gasteiger partial charge in [0.25, 0.3) is 0 Å². The van der Waals surface area contributed by atoms with Crippen molar-refractivity contribution in [1.82, 2.24) is 15.3 Å². The van der Waals surface area contributed by atoms with E-state index in [1.54, 1.807) is 0 Å². The molecule has 0 amide bonds. The number of imidazole rings is 1. The topological polar surface area (TPSA) is 49.9 Å². The molecular weight excluding hydrogens is 318 g/mol. The van der Waals surface area contributed by atoms with Crippen molar-refractivity contribution < 1.29 is 4.74 Å². The van der Waals surface area contributed by atoms with Gasteiger partial charge in [0.05, 0.1) is 18.9 Å². The van der Waals surface area contributed by atoms with Crippen molar-refractivity contribution >= 4 is 15.9 Å². The van der Waals surface area contributed by atoms with Crippen LogP contribution in [0.15, 0.2) is 28.7 Å². The number of morpholine rings is 1. The van der Waals surface area contributed by atoms with Crippen LogP contribution in [0, 0.1) is 6.92 Å². The van der Waals surface area contributed by atoms with E-state index < -0.39 is 0 Å². The number of aromatic amines is 1. The van der Waals surface area contributed by atoms with Gasteiger partial charge in [-0.25, -0.2) is 4.98 Å². The molecule has 106 valence electrons. The Morgan fingerprint density at radius 1 is 1.40 bits per heavy atom. The van der Waals surface area contributed by atoms with Gasteiger partial charge in [0.15, 0.2) is 0 Å². The summed E-state index contributed by atoms with van der Waals surface area (Å²) in [5.74, 6) is 1.01. The average molecular weight is 336 g/mol. The normalized spacial score (nSPS) is 19.2. The molecule has 2 heterocycles. The second kappa shape index (κ2) is 6.08. The van der Waals surface area contributed by atoms with Crippen molar-refractivity contribution in [2.45, 2.75) is 19.4 Å². The zero-order valence-corrected chi connectivity index (χ0v) is 13.0. The van der Waals surface area contributed by atoms with Crippen molar-refractivity contribution in [3.8, 4) is 11.3 Å². The van der Waals surface area contributed by atoms with Crippen LogP contribution in [-0.4, -0.2) is 35.8 Å². The van der Waals surface area contributed by atoms with Gasteiger partial charge < -0.3 is 15.0 Å². The van der Waals surface area contributed by atoms with Crippen LogP contribution in [-0.2, 0) is 11.2 Å². The van der Waals surface area contributed by atoms with E-state index in [1.807, 2.05) is 18.2 Å². The Hall–Kier alpha value is -1.17. The van der Waals surface area contributed by atoms with Crippen molar-refractivity contribution in [3.05, 3.63) is 40.3 Å². The third kappa shape index (κ3) is 2.95. The number of aromatic nitrogens is 2. The van der Waals surface area contributed by atoms with Crippen LogP contribution in [0.5, 0.6) is 0 Å². The molecule has 1 atom stereocenters. The summed E-state index contributed by atoms with van der Waals surface area (Å²) in [5, 5.41) is 3.45. The molecule has 0 aliphatic carbocycles. The number of rotatable bonds is 3. The molecule has 0 bridgehead atoms. The van der Waals surface area contributed by atoms with Crippen molar-refractivity contribution in [1.29, 1.82) is 0 Å². The first-order valence-electron chi connectivity index (χ1n) is 6.85. The van der Waals surface area contributed by atoms with Crippen LogP contribution >= 0.6 is 15.9 Å². The molecule has 1 unspecified atom stereocenters. The van der Waals surface area contributed by atoms with Crippen LogP contribution in [0.4, 0.5) is 0 Å². The fraction of sp³-hybridized carbons (Fsp3) is 0.400. The number of aryl methyl sites for hydroxylation is 1. The summed E-state index contributed by atoms with van der Waals surface area (Å²) >= 11 is 3.59. The molecule has 0 spiro atoms. The summed E-state index contributed by atoms with van der Waals surface area (Å²) in [7, 11) is 0. The van der Waals surface area contributed by atoms with Gasteiger partial charge in [0.2, 0.25) is 0 Å². The Balaban J connectivity index is 1.82. The largest absolute Gasteiger partial charge is 0.379 e. The van der Waals surface area contributed by atoms with Gasteiger partial charge in [-0.15, -0.1) is 0 Å². The molecule has 1 saturated heterocycles. The lowest BCUT2D eigenvalue weighted by atomic mass is 10.1. The number of nitrogens with one attached hydrogen (secondary N) is 2. The van der Waals surface area contributed by atoms with Gasteiger partial charge in [0, 0.05) is 34.7 Å². The van der Waals surface area contributed by atoms with Gasteiger partial charge >= 0.3 is 0 Å². The summed E-state index contributed by atoms with van der Waals surface area (Å²) in [6.07, 6.45) is 0.866. The lowest BCUT2D eigenvalue weighted by molar-refractivity contribution is 0.0764. The highest BCUT2D eigenvalue weighted by atomic mass is 79.9. The molecule has 4 nitrogen and oxygen atoms in total. The van der Waals surface area contributed by atoms with Crippen LogP contribution in [0.25, 0.3) is 11.3 Å².